The second-order valence-electron chi connectivity index (χ2n) is 2.69. The van der Waals surface area contributed by atoms with Gasteiger partial charge in [-0.25, -0.2) is 4.79 Å². The summed E-state index contributed by atoms with van der Waals surface area (Å²) in [5.74, 6) is -1.11. The average Bonchev–Trinajstić information content (AvgIpc) is 2.00. The molecule has 0 heterocycles. The normalized spacial score (nSPS) is 10.7. The van der Waals surface area contributed by atoms with E-state index in [0.29, 0.717) is 0 Å². The first-order valence-electron chi connectivity index (χ1n) is 3.97. The monoisotopic (exact) mass is 170 g/mol. The quantitative estimate of drug-likeness (QED) is 0.363. The smallest absolute Gasteiger partial charge is 0.378 e. The van der Waals surface area contributed by atoms with Gasteiger partial charge in [0.15, 0.2) is 0 Å². The molecular formula is C9H14O3. The largest absolute Gasteiger partial charge is 0.460 e. The fourth-order valence-electron chi connectivity index (χ4n) is 0.550. The molecule has 0 saturated carbocycles. The van der Waals surface area contributed by atoms with Gasteiger partial charge in [0.2, 0.25) is 0 Å². The van der Waals surface area contributed by atoms with Crippen LogP contribution in [0, 0.1) is 5.92 Å². The number of hydrogen-bond acceptors (Lipinski definition) is 3. The van der Waals surface area contributed by atoms with Crippen LogP contribution in [0.3, 0.4) is 0 Å². The Kier molecular flexibility index (Phi) is 5.00. The molecule has 0 aromatic carbocycles. The maximum absolute atomic E-state index is 10.9. The molecule has 68 valence electrons. The van der Waals surface area contributed by atoms with Crippen LogP contribution in [-0.4, -0.2) is 18.4 Å². The van der Waals surface area contributed by atoms with Gasteiger partial charge in [0.25, 0.3) is 5.78 Å². The van der Waals surface area contributed by atoms with Gasteiger partial charge in [-0.1, -0.05) is 19.9 Å². The van der Waals surface area contributed by atoms with Crippen molar-refractivity contribution in [3.05, 3.63) is 12.2 Å². The average molecular weight is 170 g/mol. The summed E-state index contributed by atoms with van der Waals surface area (Å²) in [4.78, 5) is 21.6. The molecule has 0 unspecified atom stereocenters. The Morgan fingerprint density at radius 3 is 2.42 bits per heavy atom. The van der Waals surface area contributed by atoms with Crippen molar-refractivity contribution in [1.82, 2.24) is 0 Å². The predicted octanol–water partition coefficient (Wildman–Crippen LogP) is 1.33. The lowest BCUT2D eigenvalue weighted by Gasteiger charge is -1.96. The lowest BCUT2D eigenvalue weighted by molar-refractivity contribution is -0.151. The van der Waals surface area contributed by atoms with E-state index in [1.807, 2.05) is 13.8 Å². The minimum absolute atomic E-state index is 0.236. The maximum atomic E-state index is 10.9. The van der Waals surface area contributed by atoms with Crippen molar-refractivity contribution >= 4 is 11.8 Å². The van der Waals surface area contributed by atoms with Gasteiger partial charge in [-0.2, -0.15) is 0 Å². The molecule has 0 fully saturated rings. The fourth-order valence-corrected chi connectivity index (χ4v) is 0.550. The number of allylic oxidation sites excluding steroid dienone is 1. The number of ether oxygens (including phenoxy) is 1. The highest BCUT2D eigenvalue weighted by Crippen LogP contribution is 1.94. The third-order valence-electron chi connectivity index (χ3n) is 1.11. The van der Waals surface area contributed by atoms with Gasteiger partial charge in [-0.05, 0) is 18.9 Å². The van der Waals surface area contributed by atoms with Crippen molar-refractivity contribution in [2.24, 2.45) is 5.92 Å². The summed E-state index contributed by atoms with van der Waals surface area (Å²) in [6.07, 6.45) is 2.92. The zero-order valence-corrected chi connectivity index (χ0v) is 7.66. The second kappa shape index (κ2) is 5.52. The van der Waals surface area contributed by atoms with Crippen molar-refractivity contribution in [1.29, 1.82) is 0 Å². The first-order valence-corrected chi connectivity index (χ1v) is 3.97. The molecule has 0 spiro atoms. The van der Waals surface area contributed by atoms with E-state index in [2.05, 4.69) is 4.74 Å². The summed E-state index contributed by atoms with van der Waals surface area (Å²) < 4.78 is 4.50. The molecule has 12 heavy (non-hydrogen) atoms. The third-order valence-corrected chi connectivity index (χ3v) is 1.11. The SMILES string of the molecule is CCOC(=O)C(=O)/C=C/C(C)C. The Morgan fingerprint density at radius 2 is 2.00 bits per heavy atom. The third kappa shape index (κ3) is 4.66. The van der Waals surface area contributed by atoms with Crippen LogP contribution in [0.2, 0.25) is 0 Å². The summed E-state index contributed by atoms with van der Waals surface area (Å²) in [6.45, 7) is 5.75. The van der Waals surface area contributed by atoms with Gasteiger partial charge >= 0.3 is 5.97 Å². The van der Waals surface area contributed by atoms with Gasteiger partial charge in [-0.3, -0.25) is 4.79 Å². The van der Waals surface area contributed by atoms with E-state index in [9.17, 15) is 9.59 Å². The minimum Gasteiger partial charge on any atom is -0.460 e. The first-order chi connectivity index (χ1) is 5.57. The summed E-state index contributed by atoms with van der Waals surface area (Å²) in [5, 5.41) is 0. The lowest BCUT2D eigenvalue weighted by Crippen LogP contribution is -2.14. The van der Waals surface area contributed by atoms with Crippen molar-refractivity contribution in [3.63, 3.8) is 0 Å². The molecule has 0 aliphatic carbocycles. The number of ketones is 1. The molecule has 0 atom stereocenters. The van der Waals surface area contributed by atoms with E-state index in [1.165, 1.54) is 6.08 Å². The first kappa shape index (κ1) is 10.9. The Morgan fingerprint density at radius 1 is 1.42 bits per heavy atom. The molecule has 0 bridgehead atoms. The Bertz CT molecular complexity index is 192. The molecular weight excluding hydrogens is 156 g/mol. The van der Waals surface area contributed by atoms with Gasteiger partial charge in [0.1, 0.15) is 0 Å². The highest BCUT2D eigenvalue weighted by molar-refractivity contribution is 6.38. The van der Waals surface area contributed by atoms with Crippen LogP contribution in [0.1, 0.15) is 20.8 Å². The molecule has 0 aliphatic rings. The maximum Gasteiger partial charge on any atom is 0.378 e. The molecule has 0 N–H and O–H groups in total. The minimum atomic E-state index is -0.783. The topological polar surface area (TPSA) is 43.4 Å². The van der Waals surface area contributed by atoms with E-state index >= 15 is 0 Å². The van der Waals surface area contributed by atoms with Crippen LogP contribution in [-0.2, 0) is 14.3 Å². The number of rotatable bonds is 4. The van der Waals surface area contributed by atoms with Gasteiger partial charge in [0, 0.05) is 0 Å². The van der Waals surface area contributed by atoms with E-state index in [4.69, 9.17) is 0 Å². The Labute approximate surface area is 72.4 Å². The molecule has 0 aliphatic heterocycles. The van der Waals surface area contributed by atoms with Gasteiger partial charge in [0.05, 0.1) is 6.61 Å². The molecule has 0 rings (SSSR count). The molecule has 0 amide bonds. The van der Waals surface area contributed by atoms with E-state index < -0.39 is 11.8 Å². The van der Waals surface area contributed by atoms with E-state index in [-0.39, 0.29) is 12.5 Å². The fraction of sp³-hybridized carbons (Fsp3) is 0.556. The van der Waals surface area contributed by atoms with Crippen molar-refractivity contribution in [2.75, 3.05) is 6.61 Å². The lowest BCUT2D eigenvalue weighted by atomic mass is 10.2. The van der Waals surface area contributed by atoms with E-state index in [1.54, 1.807) is 13.0 Å². The molecule has 3 heteroatoms. The van der Waals surface area contributed by atoms with Crippen LogP contribution in [0.5, 0.6) is 0 Å². The van der Waals surface area contributed by atoms with Crippen LogP contribution >= 0.6 is 0 Å². The van der Waals surface area contributed by atoms with Crippen molar-refractivity contribution < 1.29 is 14.3 Å². The van der Waals surface area contributed by atoms with Gasteiger partial charge in [-0.15, -0.1) is 0 Å². The van der Waals surface area contributed by atoms with E-state index in [0.717, 1.165) is 0 Å². The molecule has 0 aromatic rings. The Hall–Kier alpha value is -1.12. The molecule has 0 radical (unpaired) electrons. The highest BCUT2D eigenvalue weighted by Gasteiger charge is 2.09. The van der Waals surface area contributed by atoms with Crippen LogP contribution in [0.4, 0.5) is 0 Å². The van der Waals surface area contributed by atoms with Crippen LogP contribution in [0.25, 0.3) is 0 Å². The summed E-state index contributed by atoms with van der Waals surface area (Å²) in [6, 6.07) is 0. The van der Waals surface area contributed by atoms with Crippen LogP contribution in [0.15, 0.2) is 12.2 Å². The van der Waals surface area contributed by atoms with Crippen molar-refractivity contribution in [2.45, 2.75) is 20.8 Å². The predicted molar refractivity (Wildman–Crippen MR) is 45.6 cm³/mol. The number of esters is 1. The zero-order valence-electron chi connectivity index (χ0n) is 7.66. The second-order valence-corrected chi connectivity index (χ2v) is 2.69. The summed E-state index contributed by atoms with van der Waals surface area (Å²) in [7, 11) is 0. The summed E-state index contributed by atoms with van der Waals surface area (Å²) in [5.41, 5.74) is 0. The molecule has 0 aromatic heterocycles. The van der Waals surface area contributed by atoms with Gasteiger partial charge < -0.3 is 4.74 Å². The van der Waals surface area contributed by atoms with Crippen molar-refractivity contribution in [3.8, 4) is 0 Å². The Balaban J connectivity index is 3.95. The summed E-state index contributed by atoms with van der Waals surface area (Å²) >= 11 is 0. The number of carbonyl (C=O) groups excluding carboxylic acids is 2. The number of hydrogen-bond donors (Lipinski definition) is 0. The van der Waals surface area contributed by atoms with Crippen LogP contribution < -0.4 is 0 Å². The highest BCUT2D eigenvalue weighted by atomic mass is 16.5. The standard InChI is InChI=1S/C9H14O3/c1-4-12-9(11)8(10)6-5-7(2)3/h5-7H,4H2,1-3H3/b6-5+. The molecule has 3 nitrogen and oxygen atoms in total. The molecule has 0 saturated heterocycles. The number of carbonyl (C=O) groups is 2. The zero-order chi connectivity index (χ0) is 9.56.